The van der Waals surface area contributed by atoms with Crippen LogP contribution in [0.4, 0.5) is 5.82 Å². The summed E-state index contributed by atoms with van der Waals surface area (Å²) in [6.07, 6.45) is 2.88. The molecule has 0 aliphatic heterocycles. The molecule has 2 aromatic rings. The highest BCUT2D eigenvalue weighted by Gasteiger charge is 2.33. The zero-order valence-electron chi connectivity index (χ0n) is 8.35. The van der Waals surface area contributed by atoms with Gasteiger partial charge < -0.3 is 11.1 Å². The maximum absolute atomic E-state index is 5.77. The van der Waals surface area contributed by atoms with Gasteiger partial charge in [-0.1, -0.05) is 24.3 Å². The maximum Gasteiger partial charge on any atom is 0.134 e. The number of aromatic nitrogens is 1. The number of benzene rings is 1. The van der Waals surface area contributed by atoms with Crippen molar-refractivity contribution in [2.75, 3.05) is 5.32 Å². The van der Waals surface area contributed by atoms with Crippen molar-refractivity contribution in [1.29, 1.82) is 0 Å². The van der Waals surface area contributed by atoms with E-state index in [1.165, 1.54) is 10.8 Å². The van der Waals surface area contributed by atoms with E-state index in [1.54, 1.807) is 0 Å². The van der Waals surface area contributed by atoms with Gasteiger partial charge in [0, 0.05) is 23.7 Å². The molecular formula is C12H13N3. The van der Waals surface area contributed by atoms with Crippen LogP contribution in [0.5, 0.6) is 0 Å². The van der Waals surface area contributed by atoms with Crippen LogP contribution in [0.3, 0.4) is 0 Å². The molecule has 1 aliphatic rings. The van der Waals surface area contributed by atoms with Crippen molar-refractivity contribution in [3.8, 4) is 0 Å². The van der Waals surface area contributed by atoms with Gasteiger partial charge in [0.25, 0.3) is 0 Å². The summed E-state index contributed by atoms with van der Waals surface area (Å²) in [7, 11) is 0. The van der Waals surface area contributed by atoms with Crippen molar-refractivity contribution < 1.29 is 0 Å². The van der Waals surface area contributed by atoms with Gasteiger partial charge in [0.2, 0.25) is 0 Å². The molecule has 0 radical (unpaired) electrons. The Balaban J connectivity index is 2.02. The van der Waals surface area contributed by atoms with Crippen LogP contribution in [-0.2, 0) is 0 Å². The summed E-state index contributed by atoms with van der Waals surface area (Å²) in [6.45, 7) is 0. The Morgan fingerprint density at radius 3 is 2.87 bits per heavy atom. The topological polar surface area (TPSA) is 50.9 Å². The van der Waals surface area contributed by atoms with Crippen molar-refractivity contribution in [2.24, 2.45) is 5.73 Å². The first-order chi connectivity index (χ1) is 7.34. The van der Waals surface area contributed by atoms with E-state index >= 15 is 0 Å². The van der Waals surface area contributed by atoms with Crippen molar-refractivity contribution in [3.63, 3.8) is 0 Å². The highest BCUT2D eigenvalue weighted by Crippen LogP contribution is 2.27. The third-order valence-electron chi connectivity index (χ3n) is 2.84. The number of anilines is 1. The molecule has 1 aromatic carbocycles. The predicted molar refractivity (Wildman–Crippen MR) is 61.7 cm³/mol. The molecule has 1 aliphatic carbocycles. The van der Waals surface area contributed by atoms with E-state index in [2.05, 4.69) is 22.4 Å². The molecule has 2 atom stereocenters. The molecule has 0 spiro atoms. The average molecular weight is 199 g/mol. The van der Waals surface area contributed by atoms with E-state index in [1.807, 2.05) is 24.4 Å². The van der Waals surface area contributed by atoms with Crippen LogP contribution >= 0.6 is 0 Å². The van der Waals surface area contributed by atoms with Gasteiger partial charge >= 0.3 is 0 Å². The quantitative estimate of drug-likeness (QED) is 0.774. The number of nitrogens with zero attached hydrogens (tertiary/aromatic N) is 1. The minimum absolute atomic E-state index is 0.297. The van der Waals surface area contributed by atoms with E-state index in [0.29, 0.717) is 12.1 Å². The lowest BCUT2D eigenvalue weighted by Crippen LogP contribution is -2.14. The Bertz CT molecular complexity index is 490. The van der Waals surface area contributed by atoms with Gasteiger partial charge in [-0.25, -0.2) is 4.98 Å². The van der Waals surface area contributed by atoms with Crippen LogP contribution < -0.4 is 11.1 Å². The fraction of sp³-hybridized carbons (Fsp3) is 0.250. The minimum atomic E-state index is 0.297. The van der Waals surface area contributed by atoms with Crippen molar-refractivity contribution >= 4 is 16.6 Å². The molecule has 0 bridgehead atoms. The summed E-state index contributed by atoms with van der Waals surface area (Å²) < 4.78 is 0. The van der Waals surface area contributed by atoms with E-state index in [4.69, 9.17) is 5.73 Å². The fourth-order valence-electron chi connectivity index (χ4n) is 1.79. The van der Waals surface area contributed by atoms with E-state index in [9.17, 15) is 0 Å². The molecular weight excluding hydrogens is 186 g/mol. The van der Waals surface area contributed by atoms with Crippen LogP contribution in [0.25, 0.3) is 10.8 Å². The standard InChI is InChI=1S/C12H13N3/c13-10-7-11(10)15-12-9-4-2-1-3-8(9)5-6-14-12/h1-6,10-11H,7,13H2,(H,14,15). The van der Waals surface area contributed by atoms with Gasteiger partial charge in [-0.3, -0.25) is 0 Å². The van der Waals surface area contributed by atoms with Gasteiger partial charge in [0.1, 0.15) is 5.82 Å². The minimum Gasteiger partial charge on any atom is -0.365 e. The second-order valence-corrected chi connectivity index (χ2v) is 4.03. The average Bonchev–Trinajstić information content (AvgIpc) is 2.95. The Hall–Kier alpha value is -1.61. The van der Waals surface area contributed by atoms with Crippen LogP contribution in [0.2, 0.25) is 0 Å². The molecule has 1 saturated carbocycles. The molecule has 3 heteroatoms. The monoisotopic (exact) mass is 199 g/mol. The number of nitrogens with one attached hydrogen (secondary N) is 1. The van der Waals surface area contributed by atoms with Crippen LogP contribution in [0, 0.1) is 0 Å². The van der Waals surface area contributed by atoms with E-state index < -0.39 is 0 Å². The van der Waals surface area contributed by atoms with Gasteiger partial charge in [-0.15, -0.1) is 0 Å². The van der Waals surface area contributed by atoms with Crippen molar-refractivity contribution in [1.82, 2.24) is 4.98 Å². The van der Waals surface area contributed by atoms with Crippen molar-refractivity contribution in [2.45, 2.75) is 18.5 Å². The molecule has 1 heterocycles. The van der Waals surface area contributed by atoms with Gasteiger partial charge in [-0.2, -0.15) is 0 Å². The number of hydrogen-bond donors (Lipinski definition) is 2. The summed E-state index contributed by atoms with van der Waals surface area (Å²) >= 11 is 0. The second-order valence-electron chi connectivity index (χ2n) is 4.03. The fourth-order valence-corrected chi connectivity index (χ4v) is 1.79. The molecule has 3 N–H and O–H groups in total. The van der Waals surface area contributed by atoms with Crippen molar-refractivity contribution in [3.05, 3.63) is 36.5 Å². The predicted octanol–water partition coefficient (Wildman–Crippen LogP) is 1.75. The van der Waals surface area contributed by atoms with Gasteiger partial charge in [0.15, 0.2) is 0 Å². The van der Waals surface area contributed by atoms with E-state index in [-0.39, 0.29) is 0 Å². The molecule has 3 rings (SSSR count). The van der Waals surface area contributed by atoms with Gasteiger partial charge in [-0.05, 0) is 17.9 Å². The Labute approximate surface area is 88.3 Å². The first-order valence-electron chi connectivity index (χ1n) is 5.20. The summed E-state index contributed by atoms with van der Waals surface area (Å²) in [5, 5.41) is 5.75. The molecule has 76 valence electrons. The zero-order chi connectivity index (χ0) is 10.3. The third-order valence-corrected chi connectivity index (χ3v) is 2.84. The third kappa shape index (κ3) is 1.55. The normalized spacial score (nSPS) is 24.1. The lowest BCUT2D eigenvalue weighted by molar-refractivity contribution is 0.999. The molecule has 1 aromatic heterocycles. The van der Waals surface area contributed by atoms with Gasteiger partial charge in [0.05, 0.1) is 0 Å². The summed E-state index contributed by atoms with van der Waals surface area (Å²) in [4.78, 5) is 4.35. The first kappa shape index (κ1) is 8.68. The molecule has 2 unspecified atom stereocenters. The molecule has 3 nitrogen and oxygen atoms in total. The maximum atomic E-state index is 5.77. The first-order valence-corrected chi connectivity index (χ1v) is 5.20. The lowest BCUT2D eigenvalue weighted by Gasteiger charge is -2.07. The summed E-state index contributed by atoms with van der Waals surface area (Å²) in [6, 6.07) is 11.0. The number of pyridine rings is 1. The number of rotatable bonds is 2. The highest BCUT2D eigenvalue weighted by molar-refractivity contribution is 5.91. The SMILES string of the molecule is NC1CC1Nc1nccc2ccccc12. The Kier molecular flexibility index (Phi) is 1.86. The lowest BCUT2D eigenvalue weighted by atomic mass is 10.1. The second kappa shape index (κ2) is 3.21. The summed E-state index contributed by atoms with van der Waals surface area (Å²) in [5.41, 5.74) is 5.77. The number of hydrogen-bond acceptors (Lipinski definition) is 3. The summed E-state index contributed by atoms with van der Waals surface area (Å²) in [5.74, 6) is 0.950. The zero-order valence-corrected chi connectivity index (χ0v) is 8.35. The van der Waals surface area contributed by atoms with Crippen LogP contribution in [0.15, 0.2) is 36.5 Å². The molecule has 0 saturated heterocycles. The van der Waals surface area contributed by atoms with Crippen LogP contribution in [-0.4, -0.2) is 17.1 Å². The number of fused-ring (bicyclic) bond motifs is 1. The molecule has 0 amide bonds. The van der Waals surface area contributed by atoms with E-state index in [0.717, 1.165) is 12.2 Å². The number of nitrogens with two attached hydrogens (primary N) is 1. The molecule has 1 fully saturated rings. The Morgan fingerprint density at radius 2 is 2.07 bits per heavy atom. The Morgan fingerprint density at radius 1 is 1.27 bits per heavy atom. The van der Waals surface area contributed by atoms with Crippen LogP contribution in [0.1, 0.15) is 6.42 Å². The highest BCUT2D eigenvalue weighted by atomic mass is 15.1. The largest absolute Gasteiger partial charge is 0.365 e. The molecule has 15 heavy (non-hydrogen) atoms. The smallest absolute Gasteiger partial charge is 0.134 e.